The molecule has 2 aromatic heterocycles. The number of piperidine rings is 2. The summed E-state index contributed by atoms with van der Waals surface area (Å²) in [6.07, 6.45) is 8.16. The van der Waals surface area contributed by atoms with Crippen LogP contribution in [0.3, 0.4) is 0 Å². The maximum absolute atomic E-state index is 13.2. The van der Waals surface area contributed by atoms with Gasteiger partial charge in [0.25, 0.3) is 11.8 Å². The van der Waals surface area contributed by atoms with E-state index in [1.807, 2.05) is 22.2 Å². The number of nitrogens with zero attached hydrogens (tertiary/aromatic N) is 6. The Balaban J connectivity index is 0.000000154. The Morgan fingerprint density at radius 1 is 0.533 bits per heavy atom. The predicted octanol–water partition coefficient (Wildman–Crippen LogP) is 10.4. The quantitative estimate of drug-likeness (QED) is 0.173. The van der Waals surface area contributed by atoms with Crippen molar-refractivity contribution in [1.82, 2.24) is 40.4 Å². The molecule has 0 unspecified atom stereocenters. The number of nitrogens with one attached hydrogen (secondary N) is 2. The number of carbonyl (C=O) groups is 2. The standard InChI is InChI=1S/2C23H22Cl2N4O/c2*1-14-5-7-17-15(11-14)12-18-21(23(30)27-28-9-3-2-4-10-28)26-29(22(17)18)20-8-6-16(24)13-19(20)25/h2*5-8,11,13H,2-4,9-10,12H2,1H3,(H,27,30). The summed E-state index contributed by atoms with van der Waals surface area (Å²) in [6, 6.07) is 23.4. The normalized spacial score (nSPS) is 15.7. The van der Waals surface area contributed by atoms with Crippen LogP contribution in [0, 0.1) is 13.8 Å². The van der Waals surface area contributed by atoms with Crippen molar-refractivity contribution in [2.45, 2.75) is 65.2 Å². The minimum atomic E-state index is -0.165. The molecular weight excluding hydrogens is 838 g/mol. The molecule has 60 heavy (non-hydrogen) atoms. The van der Waals surface area contributed by atoms with Crippen LogP contribution in [0.5, 0.6) is 0 Å². The van der Waals surface area contributed by atoms with E-state index in [4.69, 9.17) is 56.6 Å². The van der Waals surface area contributed by atoms with Gasteiger partial charge in [0, 0.05) is 71.3 Å². The molecule has 2 N–H and O–H groups in total. The third kappa shape index (κ3) is 7.97. The molecule has 2 saturated heterocycles. The summed E-state index contributed by atoms with van der Waals surface area (Å²) >= 11 is 25.2. The first-order valence-electron chi connectivity index (χ1n) is 20.5. The fraction of sp³-hybridized carbons (Fsp3) is 0.304. The van der Waals surface area contributed by atoms with Gasteiger partial charge in [-0.2, -0.15) is 10.2 Å². The first-order chi connectivity index (χ1) is 29.0. The maximum atomic E-state index is 13.2. The summed E-state index contributed by atoms with van der Waals surface area (Å²) in [4.78, 5) is 26.4. The molecule has 0 bridgehead atoms. The Labute approximate surface area is 369 Å². The second-order valence-electron chi connectivity index (χ2n) is 16.0. The van der Waals surface area contributed by atoms with E-state index < -0.39 is 0 Å². The fourth-order valence-electron chi connectivity index (χ4n) is 8.79. The van der Waals surface area contributed by atoms with Gasteiger partial charge in [0.05, 0.1) is 32.8 Å². The molecule has 308 valence electrons. The molecule has 4 aromatic carbocycles. The second-order valence-corrected chi connectivity index (χ2v) is 17.7. The molecule has 6 aromatic rings. The minimum Gasteiger partial charge on any atom is -0.283 e. The third-order valence-corrected chi connectivity index (χ3v) is 12.7. The molecule has 2 fully saturated rings. The highest BCUT2D eigenvalue weighted by molar-refractivity contribution is 6.36. The molecule has 0 radical (unpaired) electrons. The number of hydrogen-bond donors (Lipinski definition) is 2. The number of aryl methyl sites for hydroxylation is 2. The lowest BCUT2D eigenvalue weighted by atomic mass is 10.1. The fourth-order valence-corrected chi connectivity index (χ4v) is 9.77. The van der Waals surface area contributed by atoms with Crippen LogP contribution in [-0.2, 0) is 12.8 Å². The molecule has 2 aliphatic carbocycles. The van der Waals surface area contributed by atoms with Gasteiger partial charge in [0.1, 0.15) is 0 Å². The summed E-state index contributed by atoms with van der Waals surface area (Å²) in [6.45, 7) is 7.65. The van der Waals surface area contributed by atoms with Crippen molar-refractivity contribution in [2.24, 2.45) is 0 Å². The predicted molar refractivity (Wildman–Crippen MR) is 239 cm³/mol. The van der Waals surface area contributed by atoms with Crippen LogP contribution < -0.4 is 10.9 Å². The molecule has 0 atom stereocenters. The molecule has 10 rings (SSSR count). The van der Waals surface area contributed by atoms with E-state index in [-0.39, 0.29) is 11.8 Å². The van der Waals surface area contributed by atoms with E-state index in [0.717, 1.165) is 85.5 Å². The van der Waals surface area contributed by atoms with Gasteiger partial charge in [-0.15, -0.1) is 0 Å². The average molecular weight is 883 g/mol. The highest BCUT2D eigenvalue weighted by Crippen LogP contribution is 2.43. The largest absolute Gasteiger partial charge is 0.286 e. The lowest BCUT2D eigenvalue weighted by Gasteiger charge is -2.26. The smallest absolute Gasteiger partial charge is 0.283 e. The van der Waals surface area contributed by atoms with Gasteiger partial charge in [0.15, 0.2) is 11.4 Å². The molecular formula is C46H44Cl4N8O2. The SMILES string of the molecule is Cc1ccc2c(c1)Cc1c(C(=O)NN3CCCCC3)nn(-c3ccc(Cl)cc3Cl)c1-2.Cc1ccc2c(c1)Cc1c(C(=O)NN3CCCCC3)nn(-c3ccc(Cl)cc3Cl)c1-2. The van der Waals surface area contributed by atoms with Crippen LogP contribution in [0.1, 0.15) is 92.9 Å². The summed E-state index contributed by atoms with van der Waals surface area (Å²) in [5, 5.41) is 15.6. The molecule has 2 amide bonds. The molecule has 0 spiro atoms. The van der Waals surface area contributed by atoms with E-state index in [1.165, 1.54) is 35.1 Å². The first kappa shape index (κ1) is 40.7. The second kappa shape index (κ2) is 17.0. The summed E-state index contributed by atoms with van der Waals surface area (Å²) < 4.78 is 3.58. The number of fused-ring (bicyclic) bond motifs is 6. The Kier molecular flexibility index (Phi) is 11.5. The number of carbonyl (C=O) groups excluding carboxylic acids is 2. The molecule has 10 nitrogen and oxygen atoms in total. The number of hydrazine groups is 2. The molecule has 2 aliphatic heterocycles. The zero-order valence-corrected chi connectivity index (χ0v) is 36.4. The van der Waals surface area contributed by atoms with Gasteiger partial charge < -0.3 is 0 Å². The average Bonchev–Trinajstić information content (AvgIpc) is 3.98. The maximum Gasteiger partial charge on any atom is 0.286 e. The highest BCUT2D eigenvalue weighted by atomic mass is 35.5. The monoisotopic (exact) mass is 880 g/mol. The number of hydrogen-bond acceptors (Lipinski definition) is 6. The van der Waals surface area contributed by atoms with E-state index in [9.17, 15) is 9.59 Å². The van der Waals surface area contributed by atoms with Gasteiger partial charge in [-0.3, -0.25) is 20.4 Å². The summed E-state index contributed by atoms with van der Waals surface area (Å²) in [5.41, 5.74) is 19.2. The highest BCUT2D eigenvalue weighted by Gasteiger charge is 2.34. The number of benzene rings is 4. The van der Waals surface area contributed by atoms with Gasteiger partial charge in [-0.25, -0.2) is 19.4 Å². The van der Waals surface area contributed by atoms with Crippen LogP contribution in [0.25, 0.3) is 33.9 Å². The lowest BCUT2D eigenvalue weighted by molar-refractivity contribution is 0.0736. The van der Waals surface area contributed by atoms with Gasteiger partial charge >= 0.3 is 0 Å². The van der Waals surface area contributed by atoms with Crippen LogP contribution in [0.15, 0.2) is 72.8 Å². The van der Waals surface area contributed by atoms with Crippen molar-refractivity contribution in [3.05, 3.63) is 138 Å². The van der Waals surface area contributed by atoms with E-state index in [1.54, 1.807) is 33.6 Å². The third-order valence-electron chi connectivity index (χ3n) is 11.7. The molecule has 0 saturated carbocycles. The Hall–Kier alpha value is -4.68. The van der Waals surface area contributed by atoms with Crippen molar-refractivity contribution in [3.63, 3.8) is 0 Å². The van der Waals surface area contributed by atoms with Gasteiger partial charge in [-0.1, -0.05) is 107 Å². The van der Waals surface area contributed by atoms with Crippen molar-refractivity contribution in [3.8, 4) is 33.9 Å². The number of amides is 2. The number of rotatable bonds is 6. The zero-order valence-electron chi connectivity index (χ0n) is 33.4. The lowest BCUT2D eigenvalue weighted by Crippen LogP contribution is -2.45. The Morgan fingerprint density at radius 2 is 0.933 bits per heavy atom. The number of aromatic nitrogens is 4. The van der Waals surface area contributed by atoms with Crippen molar-refractivity contribution in [1.29, 1.82) is 0 Å². The van der Waals surface area contributed by atoms with E-state index in [2.05, 4.69) is 61.1 Å². The van der Waals surface area contributed by atoms with Crippen molar-refractivity contribution in [2.75, 3.05) is 26.2 Å². The van der Waals surface area contributed by atoms with E-state index >= 15 is 0 Å². The van der Waals surface area contributed by atoms with Crippen LogP contribution in [0.4, 0.5) is 0 Å². The van der Waals surface area contributed by atoms with Crippen molar-refractivity contribution < 1.29 is 9.59 Å². The van der Waals surface area contributed by atoms with Crippen LogP contribution >= 0.6 is 46.4 Å². The van der Waals surface area contributed by atoms with E-state index in [0.29, 0.717) is 55.7 Å². The zero-order chi connectivity index (χ0) is 41.7. The van der Waals surface area contributed by atoms with Gasteiger partial charge in [-0.05, 0) is 87.1 Å². The van der Waals surface area contributed by atoms with Crippen LogP contribution in [-0.4, -0.2) is 67.6 Å². The summed E-state index contributed by atoms with van der Waals surface area (Å²) in [5.74, 6) is -0.331. The van der Waals surface area contributed by atoms with Gasteiger partial charge in [0.2, 0.25) is 0 Å². The van der Waals surface area contributed by atoms with Crippen LogP contribution in [0.2, 0.25) is 20.1 Å². The van der Waals surface area contributed by atoms with Crippen molar-refractivity contribution >= 4 is 58.2 Å². The molecule has 14 heteroatoms. The Morgan fingerprint density at radius 3 is 1.32 bits per heavy atom. The summed E-state index contributed by atoms with van der Waals surface area (Å²) in [7, 11) is 0. The topological polar surface area (TPSA) is 100 Å². The molecule has 4 aliphatic rings. The minimum absolute atomic E-state index is 0.165. The molecule has 4 heterocycles. The Bertz CT molecular complexity index is 2480. The number of halogens is 4. The first-order valence-corrected chi connectivity index (χ1v) is 22.0.